The maximum atomic E-state index is 13.0. The summed E-state index contributed by atoms with van der Waals surface area (Å²) >= 11 is 2.99. The molecule has 0 aromatic heterocycles. The lowest BCUT2D eigenvalue weighted by Gasteiger charge is -2.05. The number of benzene rings is 1. The highest BCUT2D eigenvalue weighted by molar-refractivity contribution is 9.10. The second-order valence-corrected chi connectivity index (χ2v) is 3.73. The molecule has 17 heavy (non-hydrogen) atoms. The molecule has 0 aliphatic heterocycles. The molecule has 1 rings (SSSR count). The van der Waals surface area contributed by atoms with Gasteiger partial charge in [0, 0.05) is 12.5 Å². The molecule has 0 unspecified atom stereocenters. The molecule has 0 atom stereocenters. The number of methoxy groups -OCH3 is 1. The van der Waals surface area contributed by atoms with Gasteiger partial charge in [-0.05, 0) is 34.0 Å². The van der Waals surface area contributed by atoms with Gasteiger partial charge in [-0.2, -0.15) is 0 Å². The van der Waals surface area contributed by atoms with Crippen molar-refractivity contribution in [2.24, 2.45) is 0 Å². The summed E-state index contributed by atoms with van der Waals surface area (Å²) < 4.78 is 30.5. The highest BCUT2D eigenvalue weighted by atomic mass is 79.9. The lowest BCUT2D eigenvalue weighted by Crippen LogP contribution is -2.03. The highest BCUT2D eigenvalue weighted by Gasteiger charge is 2.10. The van der Waals surface area contributed by atoms with Crippen LogP contribution >= 0.6 is 15.9 Å². The minimum atomic E-state index is -0.671. The Labute approximate surface area is 108 Å². The molecule has 5 heteroatoms. The molecule has 0 fully saturated rings. The van der Waals surface area contributed by atoms with Crippen LogP contribution in [0.3, 0.4) is 0 Å². The zero-order chi connectivity index (χ0) is 13.4. The van der Waals surface area contributed by atoms with E-state index in [9.17, 15) is 13.6 Å². The van der Waals surface area contributed by atoms with Crippen LogP contribution < -0.4 is 0 Å². The third-order valence-electron chi connectivity index (χ3n) is 1.89. The molecule has 0 heterocycles. The Bertz CT molecular complexity index is 381. The topological polar surface area (TPSA) is 26.3 Å². The molecule has 0 spiro atoms. The summed E-state index contributed by atoms with van der Waals surface area (Å²) in [6, 6.07) is 1.97. The Morgan fingerprint density at radius 2 is 1.94 bits per heavy atom. The van der Waals surface area contributed by atoms with Gasteiger partial charge in [0.2, 0.25) is 0 Å². The number of hydrogen-bond acceptors (Lipinski definition) is 2. The minimum Gasteiger partial charge on any atom is -0.469 e. The minimum absolute atomic E-state index is 0.0952. The maximum Gasteiger partial charge on any atom is 0.305 e. The first-order chi connectivity index (χ1) is 8.04. The monoisotopic (exact) mass is 308 g/mol. The van der Waals surface area contributed by atoms with Crippen LogP contribution in [0.4, 0.5) is 8.78 Å². The fraction of sp³-hybridized carbons (Fsp3) is 0.417. The Morgan fingerprint density at radius 1 is 1.35 bits per heavy atom. The Kier molecular flexibility index (Phi) is 7.70. The number of carbonyl (C=O) groups excluding carboxylic acids is 1. The van der Waals surface area contributed by atoms with Crippen molar-refractivity contribution in [2.75, 3.05) is 7.11 Å². The molecule has 0 amide bonds. The second kappa shape index (κ2) is 8.17. The number of hydrogen-bond donors (Lipinski definition) is 0. The summed E-state index contributed by atoms with van der Waals surface area (Å²) in [6.07, 6.45) is 0.333. The molecule has 0 bridgehead atoms. The van der Waals surface area contributed by atoms with Gasteiger partial charge in [0.1, 0.15) is 11.6 Å². The van der Waals surface area contributed by atoms with Gasteiger partial charge in [0.25, 0.3) is 0 Å². The zero-order valence-corrected chi connectivity index (χ0v) is 11.6. The first-order valence-corrected chi connectivity index (χ1v) is 6.04. The van der Waals surface area contributed by atoms with E-state index >= 15 is 0 Å². The Hall–Kier alpha value is -0.970. The Balaban J connectivity index is 0.00000121. The number of halogens is 3. The van der Waals surface area contributed by atoms with Crippen LogP contribution in [-0.4, -0.2) is 13.1 Å². The summed E-state index contributed by atoms with van der Waals surface area (Å²) in [7, 11) is 1.27. The van der Waals surface area contributed by atoms with E-state index in [2.05, 4.69) is 20.7 Å². The van der Waals surface area contributed by atoms with Crippen molar-refractivity contribution in [3.63, 3.8) is 0 Å². The quantitative estimate of drug-likeness (QED) is 0.626. The predicted octanol–water partition coefficient (Wildman–Crippen LogP) is 3.86. The van der Waals surface area contributed by atoms with Crippen molar-refractivity contribution >= 4 is 21.9 Å². The van der Waals surface area contributed by atoms with Crippen molar-refractivity contribution in [3.8, 4) is 0 Å². The van der Waals surface area contributed by atoms with Gasteiger partial charge in [0.05, 0.1) is 11.6 Å². The second-order valence-electron chi connectivity index (χ2n) is 2.94. The third kappa shape index (κ3) is 5.26. The van der Waals surface area contributed by atoms with Gasteiger partial charge in [0.15, 0.2) is 0 Å². The van der Waals surface area contributed by atoms with Gasteiger partial charge in [-0.1, -0.05) is 13.8 Å². The lowest BCUT2D eigenvalue weighted by molar-refractivity contribution is -0.140. The zero-order valence-electron chi connectivity index (χ0n) is 10.0. The fourth-order valence-electron chi connectivity index (χ4n) is 1.13. The average Bonchev–Trinajstić information content (AvgIpc) is 2.34. The SMILES string of the molecule is CC.COC(=O)CCc1cc(F)cc(F)c1Br. The molecule has 0 radical (unpaired) electrons. The summed E-state index contributed by atoms with van der Waals surface area (Å²) in [5, 5.41) is 0. The van der Waals surface area contributed by atoms with Gasteiger partial charge in [-0.15, -0.1) is 0 Å². The van der Waals surface area contributed by atoms with Crippen LogP contribution in [0.25, 0.3) is 0 Å². The maximum absolute atomic E-state index is 13.0. The number of aryl methyl sites for hydroxylation is 1. The summed E-state index contributed by atoms with van der Waals surface area (Å²) in [6.45, 7) is 4.00. The van der Waals surface area contributed by atoms with Crippen molar-refractivity contribution in [1.82, 2.24) is 0 Å². The van der Waals surface area contributed by atoms with E-state index in [1.165, 1.54) is 13.2 Å². The van der Waals surface area contributed by atoms with Crippen molar-refractivity contribution in [3.05, 3.63) is 33.8 Å². The van der Waals surface area contributed by atoms with E-state index in [1.54, 1.807) is 0 Å². The molecule has 1 aromatic carbocycles. The van der Waals surface area contributed by atoms with Crippen LogP contribution in [0, 0.1) is 11.6 Å². The van der Waals surface area contributed by atoms with E-state index in [4.69, 9.17) is 0 Å². The molecule has 2 nitrogen and oxygen atoms in total. The number of rotatable bonds is 3. The molecule has 0 saturated heterocycles. The lowest BCUT2D eigenvalue weighted by atomic mass is 10.1. The van der Waals surface area contributed by atoms with E-state index in [1.807, 2.05) is 13.8 Å². The highest BCUT2D eigenvalue weighted by Crippen LogP contribution is 2.23. The molecule has 1 aromatic rings. The molecular formula is C12H15BrF2O2. The molecular weight excluding hydrogens is 294 g/mol. The number of esters is 1. The first kappa shape index (κ1) is 16.0. The normalized spacial score (nSPS) is 9.29. The van der Waals surface area contributed by atoms with Crippen LogP contribution in [0.5, 0.6) is 0 Å². The molecule has 0 aliphatic carbocycles. The summed E-state index contributed by atoms with van der Waals surface area (Å²) in [4.78, 5) is 10.8. The molecule has 96 valence electrons. The average molecular weight is 309 g/mol. The van der Waals surface area contributed by atoms with Gasteiger partial charge < -0.3 is 4.74 Å². The largest absolute Gasteiger partial charge is 0.469 e. The first-order valence-electron chi connectivity index (χ1n) is 5.25. The van der Waals surface area contributed by atoms with E-state index in [0.29, 0.717) is 5.56 Å². The van der Waals surface area contributed by atoms with E-state index in [-0.39, 0.29) is 17.3 Å². The Morgan fingerprint density at radius 3 is 2.47 bits per heavy atom. The van der Waals surface area contributed by atoms with Gasteiger partial charge in [-0.25, -0.2) is 8.78 Å². The van der Waals surface area contributed by atoms with Crippen LogP contribution in [0.2, 0.25) is 0 Å². The van der Waals surface area contributed by atoms with Crippen molar-refractivity contribution in [1.29, 1.82) is 0 Å². The van der Waals surface area contributed by atoms with Crippen LogP contribution in [0.15, 0.2) is 16.6 Å². The number of ether oxygens (including phenoxy) is 1. The summed E-state index contributed by atoms with van der Waals surface area (Å²) in [5.41, 5.74) is 0.415. The molecule has 0 saturated carbocycles. The van der Waals surface area contributed by atoms with E-state index < -0.39 is 17.6 Å². The fourth-order valence-corrected chi connectivity index (χ4v) is 1.56. The predicted molar refractivity (Wildman–Crippen MR) is 65.7 cm³/mol. The van der Waals surface area contributed by atoms with Gasteiger partial charge in [-0.3, -0.25) is 4.79 Å². The summed E-state index contributed by atoms with van der Waals surface area (Å²) in [5.74, 6) is -1.74. The van der Waals surface area contributed by atoms with Gasteiger partial charge >= 0.3 is 5.97 Å². The smallest absolute Gasteiger partial charge is 0.305 e. The standard InChI is InChI=1S/C10H9BrF2O2.C2H6/c1-15-9(14)3-2-6-4-7(12)5-8(13)10(6)11;1-2/h4-5H,2-3H2,1H3;1-2H3. The van der Waals surface area contributed by atoms with Crippen molar-refractivity contribution in [2.45, 2.75) is 26.7 Å². The van der Waals surface area contributed by atoms with Crippen LogP contribution in [0.1, 0.15) is 25.8 Å². The van der Waals surface area contributed by atoms with Crippen LogP contribution in [-0.2, 0) is 16.0 Å². The molecule has 0 N–H and O–H groups in total. The third-order valence-corrected chi connectivity index (χ3v) is 2.78. The van der Waals surface area contributed by atoms with Crippen molar-refractivity contribution < 1.29 is 18.3 Å². The number of carbonyl (C=O) groups is 1. The van der Waals surface area contributed by atoms with E-state index in [0.717, 1.165) is 6.07 Å². The molecule has 0 aliphatic rings.